The first-order valence-electron chi connectivity index (χ1n) is 11.5. The molecule has 1 amide bonds. The Balaban J connectivity index is 1.42. The van der Waals surface area contributed by atoms with Gasteiger partial charge in [-0.05, 0) is 84.3 Å². The van der Waals surface area contributed by atoms with Crippen LogP contribution in [0.15, 0.2) is 89.4 Å². The topological polar surface area (TPSA) is 34.0 Å². The van der Waals surface area contributed by atoms with Gasteiger partial charge in [-0.15, -0.1) is 0 Å². The Kier molecular flexibility index (Phi) is 6.19. The molecule has 1 N–H and O–H groups in total. The van der Waals surface area contributed by atoms with Gasteiger partial charge in [0.25, 0.3) is 5.91 Å². The lowest BCUT2D eigenvalue weighted by molar-refractivity contribution is 0.0951. The molecule has 1 aromatic heterocycles. The number of nitrogens with zero attached hydrogens (tertiary/aromatic N) is 1. The van der Waals surface area contributed by atoms with Gasteiger partial charge in [0, 0.05) is 28.0 Å². The second-order valence-corrected chi connectivity index (χ2v) is 9.83. The molecule has 3 aromatic carbocycles. The normalized spacial score (nSPS) is 15.2. The van der Waals surface area contributed by atoms with Crippen molar-refractivity contribution in [2.45, 2.75) is 32.7 Å². The zero-order valence-corrected chi connectivity index (χ0v) is 20.3. The summed E-state index contributed by atoms with van der Waals surface area (Å²) in [4.78, 5) is 12.7. The summed E-state index contributed by atoms with van der Waals surface area (Å²) in [6, 6.07) is 28.9. The predicted octanol–water partition coefficient (Wildman–Crippen LogP) is 6.96. The molecule has 0 spiro atoms. The van der Waals surface area contributed by atoms with E-state index in [9.17, 15) is 4.79 Å². The van der Waals surface area contributed by atoms with Gasteiger partial charge in [0.2, 0.25) is 0 Å². The van der Waals surface area contributed by atoms with Crippen molar-refractivity contribution < 1.29 is 4.79 Å². The van der Waals surface area contributed by atoms with E-state index in [-0.39, 0.29) is 5.91 Å². The van der Waals surface area contributed by atoms with Crippen molar-refractivity contribution in [3.8, 4) is 16.9 Å². The minimum Gasteiger partial charge on any atom is -0.348 e. The van der Waals surface area contributed by atoms with Crippen molar-refractivity contribution in [2.24, 2.45) is 5.92 Å². The maximum absolute atomic E-state index is 12.7. The lowest BCUT2D eigenvalue weighted by atomic mass is 9.89. The van der Waals surface area contributed by atoms with Crippen LogP contribution in [-0.4, -0.2) is 10.5 Å². The number of hydrogen-bond donors (Lipinski definition) is 1. The number of fused-ring (bicyclic) bond motifs is 1. The van der Waals surface area contributed by atoms with Crippen LogP contribution in [0, 0.1) is 5.92 Å². The molecule has 5 rings (SSSR count). The molecule has 3 nitrogen and oxygen atoms in total. The molecule has 0 saturated carbocycles. The summed E-state index contributed by atoms with van der Waals surface area (Å²) >= 11 is 3.48. The number of carbonyl (C=O) groups is 1. The summed E-state index contributed by atoms with van der Waals surface area (Å²) < 4.78 is 3.40. The summed E-state index contributed by atoms with van der Waals surface area (Å²) in [5, 5.41) is 3.02. The van der Waals surface area contributed by atoms with Crippen LogP contribution in [0.3, 0.4) is 0 Å². The average Bonchev–Trinajstić information content (AvgIpc) is 3.22. The fraction of sp³-hybridized carbons (Fsp3) is 0.207. The van der Waals surface area contributed by atoms with E-state index >= 15 is 0 Å². The molecule has 0 aliphatic heterocycles. The van der Waals surface area contributed by atoms with Gasteiger partial charge in [-0.25, -0.2) is 0 Å². The molecular formula is C29H27BrN2O. The fourth-order valence-electron chi connectivity index (χ4n) is 4.72. The number of carbonyl (C=O) groups excluding carboxylic acids is 1. The zero-order valence-electron chi connectivity index (χ0n) is 18.7. The summed E-state index contributed by atoms with van der Waals surface area (Å²) in [5.74, 6) is 0.654. The van der Waals surface area contributed by atoms with Crippen LogP contribution >= 0.6 is 15.9 Å². The van der Waals surface area contributed by atoms with Crippen molar-refractivity contribution in [3.05, 3.63) is 112 Å². The lowest BCUT2D eigenvalue weighted by Gasteiger charge is -2.21. The summed E-state index contributed by atoms with van der Waals surface area (Å²) in [5.41, 5.74) is 8.13. The highest BCUT2D eigenvalue weighted by Crippen LogP contribution is 2.35. The van der Waals surface area contributed by atoms with E-state index in [1.807, 2.05) is 36.4 Å². The van der Waals surface area contributed by atoms with Crippen LogP contribution in [0.1, 0.15) is 40.5 Å². The Morgan fingerprint density at radius 2 is 1.79 bits per heavy atom. The SMILES string of the molecule is CC1CCc2c(cc(-c3ccccc3)n2-c2ccc(C(=O)NCc3cccc(Br)c3)cc2)C1. The first-order valence-corrected chi connectivity index (χ1v) is 12.3. The van der Waals surface area contributed by atoms with E-state index < -0.39 is 0 Å². The molecule has 0 fully saturated rings. The highest BCUT2D eigenvalue weighted by atomic mass is 79.9. The molecule has 1 unspecified atom stereocenters. The number of aromatic nitrogens is 1. The Morgan fingerprint density at radius 3 is 2.55 bits per heavy atom. The van der Waals surface area contributed by atoms with E-state index in [2.05, 4.69) is 81.3 Å². The standard InChI is InChI=1S/C29H27BrN2O/c1-20-10-15-27-24(16-20)18-28(22-7-3-2-4-8-22)32(27)26-13-11-23(12-14-26)29(33)31-19-21-6-5-9-25(30)17-21/h2-9,11-14,17-18,20H,10,15-16,19H2,1H3,(H,31,33). The Bertz CT molecular complexity index is 1270. The molecule has 0 saturated heterocycles. The highest BCUT2D eigenvalue weighted by molar-refractivity contribution is 9.10. The number of rotatable bonds is 5. The Morgan fingerprint density at radius 1 is 1.00 bits per heavy atom. The van der Waals surface area contributed by atoms with Gasteiger partial charge >= 0.3 is 0 Å². The van der Waals surface area contributed by atoms with Crippen LogP contribution in [0.25, 0.3) is 16.9 Å². The van der Waals surface area contributed by atoms with Crippen LogP contribution in [0.4, 0.5) is 0 Å². The summed E-state index contributed by atoms with van der Waals surface area (Å²) in [7, 11) is 0. The van der Waals surface area contributed by atoms with Crippen LogP contribution < -0.4 is 5.32 Å². The molecule has 0 bridgehead atoms. The molecule has 4 heteroatoms. The van der Waals surface area contributed by atoms with Crippen molar-refractivity contribution in [1.82, 2.24) is 9.88 Å². The smallest absolute Gasteiger partial charge is 0.251 e. The van der Waals surface area contributed by atoms with Crippen molar-refractivity contribution in [1.29, 1.82) is 0 Å². The number of benzene rings is 3. The zero-order chi connectivity index (χ0) is 22.8. The third kappa shape index (κ3) is 4.67. The van der Waals surface area contributed by atoms with E-state index in [4.69, 9.17) is 0 Å². The van der Waals surface area contributed by atoms with Gasteiger partial charge in [-0.3, -0.25) is 4.79 Å². The van der Waals surface area contributed by atoms with E-state index in [1.165, 1.54) is 28.9 Å². The monoisotopic (exact) mass is 498 g/mol. The quantitative estimate of drug-likeness (QED) is 0.317. The molecule has 166 valence electrons. The Labute approximate surface area is 203 Å². The first kappa shape index (κ1) is 21.7. The van der Waals surface area contributed by atoms with Gasteiger partial charge in [-0.1, -0.05) is 65.3 Å². The van der Waals surface area contributed by atoms with Crippen LogP contribution in [0.5, 0.6) is 0 Å². The molecule has 0 radical (unpaired) electrons. The number of amides is 1. The first-order chi connectivity index (χ1) is 16.1. The third-order valence-electron chi connectivity index (χ3n) is 6.43. The average molecular weight is 499 g/mol. The van der Waals surface area contributed by atoms with Gasteiger partial charge in [0.05, 0.1) is 5.69 Å². The molecular weight excluding hydrogens is 472 g/mol. The number of nitrogens with one attached hydrogen (secondary N) is 1. The minimum absolute atomic E-state index is 0.0619. The third-order valence-corrected chi connectivity index (χ3v) is 6.93. The van der Waals surface area contributed by atoms with Gasteiger partial charge in [0.15, 0.2) is 0 Å². The van der Waals surface area contributed by atoms with E-state index in [1.54, 1.807) is 0 Å². The van der Waals surface area contributed by atoms with Crippen LogP contribution in [0.2, 0.25) is 0 Å². The number of hydrogen-bond acceptors (Lipinski definition) is 1. The second kappa shape index (κ2) is 9.40. The number of halogens is 1. The molecule has 1 atom stereocenters. The maximum Gasteiger partial charge on any atom is 0.251 e. The Hall–Kier alpha value is -3.11. The highest BCUT2D eigenvalue weighted by Gasteiger charge is 2.23. The molecule has 1 aliphatic carbocycles. The van der Waals surface area contributed by atoms with Crippen LogP contribution in [-0.2, 0) is 19.4 Å². The van der Waals surface area contributed by atoms with E-state index in [0.717, 1.165) is 28.6 Å². The summed E-state index contributed by atoms with van der Waals surface area (Å²) in [6.45, 7) is 2.84. The predicted molar refractivity (Wildman–Crippen MR) is 138 cm³/mol. The largest absolute Gasteiger partial charge is 0.348 e. The van der Waals surface area contributed by atoms with Gasteiger partial charge < -0.3 is 9.88 Å². The van der Waals surface area contributed by atoms with Gasteiger partial charge in [-0.2, -0.15) is 0 Å². The minimum atomic E-state index is -0.0619. The molecule has 1 heterocycles. The fourth-order valence-corrected chi connectivity index (χ4v) is 5.17. The second-order valence-electron chi connectivity index (χ2n) is 8.91. The summed E-state index contributed by atoms with van der Waals surface area (Å²) in [6.07, 6.45) is 3.41. The van der Waals surface area contributed by atoms with E-state index in [0.29, 0.717) is 18.0 Å². The van der Waals surface area contributed by atoms with Crippen molar-refractivity contribution in [2.75, 3.05) is 0 Å². The maximum atomic E-state index is 12.7. The molecule has 1 aliphatic rings. The van der Waals surface area contributed by atoms with Gasteiger partial charge in [0.1, 0.15) is 0 Å². The van der Waals surface area contributed by atoms with Crippen molar-refractivity contribution >= 4 is 21.8 Å². The van der Waals surface area contributed by atoms with Crippen molar-refractivity contribution in [3.63, 3.8) is 0 Å². The molecule has 4 aromatic rings. The molecule has 33 heavy (non-hydrogen) atoms. The lowest BCUT2D eigenvalue weighted by Crippen LogP contribution is -2.22.